The molecular weight excluding hydrogens is 825 g/mol. The predicted octanol–water partition coefficient (Wildman–Crippen LogP) is 7.19. The van der Waals surface area contributed by atoms with Gasteiger partial charge in [0.25, 0.3) is 11.8 Å². The highest BCUT2D eigenvalue weighted by molar-refractivity contribution is 6.07. The summed E-state index contributed by atoms with van der Waals surface area (Å²) in [5.41, 5.74) is 2.88. The molecule has 4 aliphatic heterocycles. The summed E-state index contributed by atoms with van der Waals surface area (Å²) in [5.74, 6) is 1.46. The second-order valence-corrected chi connectivity index (χ2v) is 16.6. The number of hydrogen-bond acceptors (Lipinski definition) is 12. The van der Waals surface area contributed by atoms with Gasteiger partial charge in [0.15, 0.2) is 29.2 Å². The number of fused-ring (bicyclic) bond motifs is 4. The number of methoxy groups -OCH3 is 3. The van der Waals surface area contributed by atoms with Gasteiger partial charge in [0, 0.05) is 24.9 Å². The zero-order valence-electron chi connectivity index (χ0n) is 36.4. The number of rotatable bonds is 16. The Labute approximate surface area is 372 Å². The SMILES string of the molecule is C=CCOC(=O)N1C[C@@H]2CC(c3ccc(OC)cc3)=CN2C(=O)c2cc(OC)c(OCCCCCOc3cc4c(cc3OC)C(=O)N3CC5(CC5)C[C@H]3C(O)N4C(=O)OCC=C)cc21. The molecule has 3 atom stereocenters. The number of ether oxygens (including phenoxy) is 7. The minimum atomic E-state index is -1.33. The smallest absolute Gasteiger partial charge is 0.416 e. The molecule has 2 fully saturated rings. The zero-order chi connectivity index (χ0) is 45.1. The molecule has 1 N–H and O–H groups in total. The number of anilines is 2. The standard InChI is InChI=1S/C48H54N4O12/c1-6-17-63-46(56)50-28-32-21-31(30-11-13-33(58-3)14-12-30)27-49(32)43(53)34-22-39(59-4)41(24-36(34)50)61-19-9-8-10-20-62-42-25-37-35(23-40(42)60-5)44(54)51-29-48(15-16-48)26-38(51)45(55)52(37)47(57)64-18-7-2/h6-7,11-14,22-25,27,32,38,45,55H,1-2,8-10,15-21,26,28-29H2,3-5H3/t32-,38-,45?/m0/s1. The van der Waals surface area contributed by atoms with Crippen molar-refractivity contribution in [1.82, 2.24) is 9.80 Å². The number of aliphatic hydroxyl groups excluding tert-OH is 1. The lowest BCUT2D eigenvalue weighted by Crippen LogP contribution is -2.50. The number of unbranched alkanes of at least 4 members (excludes halogenated alkanes) is 2. The van der Waals surface area contributed by atoms with E-state index in [0.717, 1.165) is 34.6 Å². The van der Waals surface area contributed by atoms with Crippen LogP contribution >= 0.6 is 0 Å². The lowest BCUT2D eigenvalue weighted by Gasteiger charge is -2.31. The first-order chi connectivity index (χ1) is 31.0. The molecule has 3 aromatic rings. The van der Waals surface area contributed by atoms with E-state index in [1.165, 1.54) is 31.3 Å². The summed E-state index contributed by atoms with van der Waals surface area (Å²) in [6, 6.07) is 13.1. The van der Waals surface area contributed by atoms with Crippen molar-refractivity contribution in [2.75, 3.05) is 70.6 Å². The first-order valence-electron chi connectivity index (χ1n) is 21.5. The van der Waals surface area contributed by atoms with Crippen LogP contribution in [0.2, 0.25) is 0 Å². The highest BCUT2D eigenvalue weighted by Gasteiger charge is 2.58. The molecule has 8 rings (SSSR count). The number of benzene rings is 3. The van der Waals surface area contributed by atoms with E-state index in [1.54, 1.807) is 41.2 Å². The van der Waals surface area contributed by atoms with Crippen molar-refractivity contribution in [3.05, 3.63) is 96.7 Å². The normalized spacial score (nSPS) is 20.2. The quantitative estimate of drug-likeness (QED) is 0.114. The van der Waals surface area contributed by atoms with E-state index in [9.17, 15) is 24.3 Å². The second-order valence-electron chi connectivity index (χ2n) is 16.6. The van der Waals surface area contributed by atoms with Crippen LogP contribution in [0.25, 0.3) is 5.57 Å². The summed E-state index contributed by atoms with van der Waals surface area (Å²) in [5, 5.41) is 11.7. The van der Waals surface area contributed by atoms with Crippen molar-refractivity contribution in [2.24, 2.45) is 5.41 Å². The van der Waals surface area contributed by atoms with Crippen LogP contribution in [0.3, 0.4) is 0 Å². The average Bonchev–Trinajstić information content (AvgIpc) is 3.82. The Morgan fingerprint density at radius 1 is 0.781 bits per heavy atom. The Morgan fingerprint density at radius 3 is 1.98 bits per heavy atom. The van der Waals surface area contributed by atoms with E-state index in [-0.39, 0.29) is 73.1 Å². The largest absolute Gasteiger partial charge is 0.497 e. The molecule has 1 spiro atoms. The van der Waals surface area contributed by atoms with E-state index < -0.39 is 24.5 Å². The lowest BCUT2D eigenvalue weighted by atomic mass is 10.0. The van der Waals surface area contributed by atoms with Gasteiger partial charge in [-0.05, 0) is 85.8 Å². The van der Waals surface area contributed by atoms with Gasteiger partial charge in [-0.25, -0.2) is 14.5 Å². The molecule has 1 unspecified atom stereocenters. The summed E-state index contributed by atoms with van der Waals surface area (Å²) in [7, 11) is 4.58. The van der Waals surface area contributed by atoms with Crippen LogP contribution in [0, 0.1) is 5.41 Å². The average molecular weight is 879 g/mol. The van der Waals surface area contributed by atoms with Crippen LogP contribution in [0.4, 0.5) is 21.0 Å². The van der Waals surface area contributed by atoms with Gasteiger partial charge < -0.3 is 48.1 Å². The molecule has 338 valence electrons. The van der Waals surface area contributed by atoms with Gasteiger partial charge in [-0.2, -0.15) is 0 Å². The topological polar surface area (TPSA) is 166 Å². The fourth-order valence-electron chi connectivity index (χ4n) is 9.04. The summed E-state index contributed by atoms with van der Waals surface area (Å²) in [4.78, 5) is 61.2. The second kappa shape index (κ2) is 18.6. The van der Waals surface area contributed by atoms with Crippen molar-refractivity contribution in [3.63, 3.8) is 0 Å². The highest BCUT2D eigenvalue weighted by Crippen LogP contribution is 2.57. The van der Waals surface area contributed by atoms with Gasteiger partial charge in [-0.1, -0.05) is 37.4 Å². The zero-order valence-corrected chi connectivity index (χ0v) is 36.4. The monoisotopic (exact) mass is 878 g/mol. The Hall–Kier alpha value is -6.68. The third-order valence-corrected chi connectivity index (χ3v) is 12.6. The molecule has 5 aliphatic rings. The van der Waals surface area contributed by atoms with Crippen molar-refractivity contribution in [2.45, 2.75) is 63.3 Å². The fourth-order valence-corrected chi connectivity index (χ4v) is 9.04. The number of nitrogens with zero attached hydrogens (tertiary/aromatic N) is 4. The number of carbonyl (C=O) groups excluding carboxylic acids is 4. The van der Waals surface area contributed by atoms with Crippen molar-refractivity contribution in [1.29, 1.82) is 0 Å². The first-order valence-corrected chi connectivity index (χ1v) is 21.5. The van der Waals surface area contributed by atoms with Crippen LogP contribution in [-0.2, 0) is 9.47 Å². The Bertz CT molecular complexity index is 2340. The maximum absolute atomic E-state index is 14.2. The van der Waals surface area contributed by atoms with E-state index >= 15 is 0 Å². The minimum Gasteiger partial charge on any atom is -0.497 e. The fraction of sp³-hybridized carbons (Fsp3) is 0.417. The Kier molecular flexibility index (Phi) is 12.8. The van der Waals surface area contributed by atoms with Gasteiger partial charge >= 0.3 is 12.2 Å². The molecule has 0 aromatic heterocycles. The maximum atomic E-state index is 14.2. The molecule has 16 nitrogen and oxygen atoms in total. The molecule has 1 saturated heterocycles. The van der Waals surface area contributed by atoms with E-state index in [4.69, 9.17) is 33.2 Å². The molecular formula is C48H54N4O12. The molecule has 0 radical (unpaired) electrons. The molecule has 4 heterocycles. The van der Waals surface area contributed by atoms with Crippen LogP contribution in [0.5, 0.6) is 28.7 Å². The summed E-state index contributed by atoms with van der Waals surface area (Å²) in [6.45, 7) is 8.47. The minimum absolute atomic E-state index is 0.00349. The van der Waals surface area contributed by atoms with E-state index in [2.05, 4.69) is 13.2 Å². The highest BCUT2D eigenvalue weighted by atomic mass is 16.6. The van der Waals surface area contributed by atoms with Crippen LogP contribution < -0.4 is 33.5 Å². The number of amides is 4. The third kappa shape index (κ3) is 8.53. The summed E-state index contributed by atoms with van der Waals surface area (Å²) >= 11 is 0. The van der Waals surface area contributed by atoms with Crippen molar-refractivity contribution in [3.8, 4) is 28.7 Å². The molecule has 1 saturated carbocycles. The number of hydrogen-bond donors (Lipinski definition) is 1. The van der Waals surface area contributed by atoms with Crippen LogP contribution in [0.15, 0.2) is 80.0 Å². The van der Waals surface area contributed by atoms with Crippen molar-refractivity contribution >= 4 is 40.9 Å². The molecule has 4 amide bonds. The Morgan fingerprint density at radius 2 is 1.39 bits per heavy atom. The van der Waals surface area contributed by atoms with E-state index in [1.807, 2.05) is 30.5 Å². The van der Waals surface area contributed by atoms with Crippen molar-refractivity contribution < 1.29 is 57.4 Å². The van der Waals surface area contributed by atoms with E-state index in [0.29, 0.717) is 67.3 Å². The number of carbonyl (C=O) groups is 4. The molecule has 3 aromatic carbocycles. The van der Waals surface area contributed by atoms with Gasteiger partial charge in [0.1, 0.15) is 19.0 Å². The summed E-state index contributed by atoms with van der Waals surface area (Å²) in [6.07, 6.45) is 6.99. The molecule has 1 aliphatic carbocycles. The van der Waals surface area contributed by atoms with Gasteiger partial charge in [0.2, 0.25) is 0 Å². The maximum Gasteiger partial charge on any atom is 0.416 e. The van der Waals surface area contributed by atoms with Crippen LogP contribution in [0.1, 0.15) is 71.2 Å². The Balaban J connectivity index is 0.937. The lowest BCUT2D eigenvalue weighted by molar-refractivity contribution is 0.0496. The van der Waals surface area contributed by atoms with Gasteiger partial charge in [0.05, 0.1) is 75.7 Å². The first kappa shape index (κ1) is 43.9. The van der Waals surface area contributed by atoms with Gasteiger partial charge in [-0.15, -0.1) is 0 Å². The molecule has 64 heavy (non-hydrogen) atoms. The third-order valence-electron chi connectivity index (χ3n) is 12.6. The summed E-state index contributed by atoms with van der Waals surface area (Å²) < 4.78 is 40.0. The molecule has 16 heteroatoms. The predicted molar refractivity (Wildman–Crippen MR) is 236 cm³/mol. The number of aliphatic hydroxyl groups is 1. The van der Waals surface area contributed by atoms with Crippen LogP contribution in [-0.4, -0.2) is 118 Å². The van der Waals surface area contributed by atoms with Gasteiger partial charge in [-0.3, -0.25) is 14.5 Å². The molecule has 0 bridgehead atoms.